The summed E-state index contributed by atoms with van der Waals surface area (Å²) in [5.41, 5.74) is 7.06. The van der Waals surface area contributed by atoms with Gasteiger partial charge in [-0.1, -0.05) is 6.07 Å². The molecule has 2 N–H and O–H groups in total. The number of ether oxygens (including phenoxy) is 1. The molecule has 0 aliphatic rings. The number of Topliss-reactive ketones (excluding diaryl/α,β-unsaturated/α-hetero) is 1. The topological polar surface area (TPSA) is 52.3 Å². The highest BCUT2D eigenvalue weighted by Crippen LogP contribution is 2.32. The van der Waals surface area contributed by atoms with Gasteiger partial charge in [-0.3, -0.25) is 4.79 Å². The maximum absolute atomic E-state index is 12.0. The monoisotopic (exact) mass is 239 g/mol. The van der Waals surface area contributed by atoms with Gasteiger partial charge < -0.3 is 10.5 Å². The lowest BCUT2D eigenvalue weighted by Crippen LogP contribution is -2.11. The maximum atomic E-state index is 12.0. The predicted octanol–water partition coefficient (Wildman–Crippen LogP) is 2.26. The molecule has 0 amide bonds. The predicted molar refractivity (Wildman–Crippen MR) is 67.5 cm³/mol. The van der Waals surface area contributed by atoms with Gasteiger partial charge in [-0.15, -0.1) is 11.8 Å². The zero-order chi connectivity index (χ0) is 12.1. The summed E-state index contributed by atoms with van der Waals surface area (Å²) >= 11 is 1.55. The van der Waals surface area contributed by atoms with Crippen LogP contribution in [-0.2, 0) is 0 Å². The molecule has 0 aliphatic carbocycles. The van der Waals surface area contributed by atoms with Crippen molar-refractivity contribution in [3.8, 4) is 5.75 Å². The summed E-state index contributed by atoms with van der Waals surface area (Å²) in [6.07, 6.45) is 2.30. The molecule has 16 heavy (non-hydrogen) atoms. The number of aryl methyl sites for hydroxylation is 1. The molecule has 0 aromatic heterocycles. The summed E-state index contributed by atoms with van der Waals surface area (Å²) in [6.45, 7) is 2.30. The van der Waals surface area contributed by atoms with Crippen molar-refractivity contribution in [1.29, 1.82) is 0 Å². The average molecular weight is 239 g/mol. The highest BCUT2D eigenvalue weighted by Gasteiger charge is 2.17. The molecule has 0 unspecified atom stereocenters. The largest absolute Gasteiger partial charge is 0.496 e. The number of ketones is 1. The van der Waals surface area contributed by atoms with E-state index >= 15 is 0 Å². The molecule has 0 saturated carbocycles. The second-order valence-electron chi connectivity index (χ2n) is 3.45. The van der Waals surface area contributed by atoms with E-state index in [-0.39, 0.29) is 5.78 Å². The first kappa shape index (κ1) is 13.1. The molecule has 0 spiro atoms. The van der Waals surface area contributed by atoms with E-state index in [2.05, 4.69) is 0 Å². The quantitative estimate of drug-likeness (QED) is 0.632. The van der Waals surface area contributed by atoms with Gasteiger partial charge in [0.05, 0.1) is 12.7 Å². The number of hydrogen-bond donors (Lipinski definition) is 1. The lowest BCUT2D eigenvalue weighted by molar-refractivity contribution is 0.0979. The molecular weight excluding hydrogens is 222 g/mol. The Labute approximate surface area is 100 Å². The van der Waals surface area contributed by atoms with Crippen molar-refractivity contribution in [3.05, 3.63) is 23.3 Å². The molecule has 88 valence electrons. The molecule has 0 aliphatic heterocycles. The Kier molecular flexibility index (Phi) is 4.83. The van der Waals surface area contributed by atoms with Crippen LogP contribution >= 0.6 is 11.8 Å². The summed E-state index contributed by atoms with van der Waals surface area (Å²) in [6, 6.07) is 3.91. The Morgan fingerprint density at radius 3 is 2.69 bits per heavy atom. The van der Waals surface area contributed by atoms with Gasteiger partial charge in [0, 0.05) is 11.3 Å². The maximum Gasteiger partial charge on any atom is 0.169 e. The van der Waals surface area contributed by atoms with Gasteiger partial charge in [-0.2, -0.15) is 0 Å². The smallest absolute Gasteiger partial charge is 0.169 e. The van der Waals surface area contributed by atoms with E-state index < -0.39 is 0 Å². The number of methoxy groups -OCH3 is 1. The van der Waals surface area contributed by atoms with Crippen LogP contribution in [0.1, 0.15) is 22.3 Å². The first-order valence-electron chi connectivity index (χ1n) is 5.10. The van der Waals surface area contributed by atoms with Crippen LogP contribution in [0.5, 0.6) is 5.75 Å². The molecule has 0 saturated heterocycles. The molecule has 0 heterocycles. The summed E-state index contributed by atoms with van der Waals surface area (Å²) in [5.74, 6) is 0.720. The lowest BCUT2D eigenvalue weighted by atomic mass is 10.0. The first-order chi connectivity index (χ1) is 7.65. The fraction of sp³-hybridized carbons (Fsp3) is 0.417. The van der Waals surface area contributed by atoms with Crippen LogP contribution < -0.4 is 10.5 Å². The van der Waals surface area contributed by atoms with E-state index in [9.17, 15) is 4.79 Å². The van der Waals surface area contributed by atoms with E-state index in [1.807, 2.05) is 25.3 Å². The van der Waals surface area contributed by atoms with Gasteiger partial charge in [0.25, 0.3) is 0 Å². The number of carbonyl (C=O) groups is 1. The number of nitrogens with two attached hydrogens (primary N) is 1. The molecule has 1 aromatic carbocycles. The van der Waals surface area contributed by atoms with E-state index in [0.29, 0.717) is 24.3 Å². The van der Waals surface area contributed by atoms with Crippen molar-refractivity contribution in [3.63, 3.8) is 0 Å². The van der Waals surface area contributed by atoms with Gasteiger partial charge in [0.2, 0.25) is 0 Å². The Morgan fingerprint density at radius 1 is 1.50 bits per heavy atom. The summed E-state index contributed by atoms with van der Waals surface area (Å²) in [4.78, 5) is 12.9. The van der Waals surface area contributed by atoms with Crippen molar-refractivity contribution < 1.29 is 9.53 Å². The fourth-order valence-corrected chi connectivity index (χ4v) is 2.24. The van der Waals surface area contributed by atoms with E-state index in [1.54, 1.807) is 18.9 Å². The zero-order valence-corrected chi connectivity index (χ0v) is 10.7. The van der Waals surface area contributed by atoms with Crippen LogP contribution in [0.4, 0.5) is 0 Å². The molecule has 3 nitrogen and oxygen atoms in total. The third kappa shape index (κ3) is 2.57. The summed E-state index contributed by atoms with van der Waals surface area (Å²) in [5, 5.41) is 0. The Balaban J connectivity index is 3.30. The Morgan fingerprint density at radius 2 is 2.19 bits per heavy atom. The van der Waals surface area contributed by atoms with Crippen LogP contribution in [0.15, 0.2) is 17.0 Å². The molecule has 0 radical (unpaired) electrons. The fourth-order valence-electron chi connectivity index (χ4n) is 1.62. The van der Waals surface area contributed by atoms with Crippen LogP contribution in [-0.4, -0.2) is 25.7 Å². The van der Waals surface area contributed by atoms with E-state index in [1.165, 1.54) is 0 Å². The Bertz CT molecular complexity index is 391. The van der Waals surface area contributed by atoms with Crippen molar-refractivity contribution in [2.45, 2.75) is 18.2 Å². The minimum Gasteiger partial charge on any atom is -0.496 e. The molecule has 0 bridgehead atoms. The van der Waals surface area contributed by atoms with Crippen LogP contribution in [0.2, 0.25) is 0 Å². The SMILES string of the molecule is COc1c(C)ccc(SC)c1C(=O)CCN. The minimum atomic E-state index is 0.0485. The molecule has 1 aromatic rings. The average Bonchev–Trinajstić information content (AvgIpc) is 2.28. The third-order valence-electron chi connectivity index (χ3n) is 2.39. The minimum absolute atomic E-state index is 0.0485. The molecule has 0 atom stereocenters. The third-order valence-corrected chi connectivity index (χ3v) is 3.17. The van der Waals surface area contributed by atoms with Crippen molar-refractivity contribution in [2.75, 3.05) is 19.9 Å². The second-order valence-corrected chi connectivity index (χ2v) is 4.30. The van der Waals surface area contributed by atoms with Crippen LogP contribution in [0, 0.1) is 6.92 Å². The van der Waals surface area contributed by atoms with Gasteiger partial charge in [-0.05, 0) is 31.4 Å². The zero-order valence-electron chi connectivity index (χ0n) is 9.87. The van der Waals surface area contributed by atoms with E-state index in [4.69, 9.17) is 10.5 Å². The lowest BCUT2D eigenvalue weighted by Gasteiger charge is -2.13. The van der Waals surface area contributed by atoms with Gasteiger partial charge in [0.1, 0.15) is 5.75 Å². The van der Waals surface area contributed by atoms with Crippen molar-refractivity contribution in [2.24, 2.45) is 5.73 Å². The highest BCUT2D eigenvalue weighted by atomic mass is 32.2. The first-order valence-corrected chi connectivity index (χ1v) is 6.33. The highest BCUT2D eigenvalue weighted by molar-refractivity contribution is 7.98. The molecule has 4 heteroatoms. The van der Waals surface area contributed by atoms with Crippen LogP contribution in [0.3, 0.4) is 0 Å². The number of carbonyl (C=O) groups excluding carboxylic acids is 1. The summed E-state index contributed by atoms with van der Waals surface area (Å²) in [7, 11) is 1.59. The summed E-state index contributed by atoms with van der Waals surface area (Å²) < 4.78 is 5.31. The number of benzene rings is 1. The van der Waals surface area contributed by atoms with Gasteiger partial charge >= 0.3 is 0 Å². The number of thioether (sulfide) groups is 1. The molecular formula is C12H17NO2S. The molecule has 1 rings (SSSR count). The standard InChI is InChI=1S/C12H17NO2S/c1-8-4-5-10(16-3)11(12(8)15-2)9(14)6-7-13/h4-5H,6-7,13H2,1-3H3. The van der Waals surface area contributed by atoms with Gasteiger partial charge in [0.15, 0.2) is 5.78 Å². The molecule has 0 fully saturated rings. The number of hydrogen-bond acceptors (Lipinski definition) is 4. The Hall–Kier alpha value is -1.00. The van der Waals surface area contributed by atoms with Crippen LogP contribution in [0.25, 0.3) is 0 Å². The van der Waals surface area contributed by atoms with E-state index in [0.717, 1.165) is 10.5 Å². The van der Waals surface area contributed by atoms with Gasteiger partial charge in [-0.25, -0.2) is 0 Å². The second kappa shape index (κ2) is 5.92. The van der Waals surface area contributed by atoms with Crippen molar-refractivity contribution in [1.82, 2.24) is 0 Å². The number of rotatable bonds is 5. The normalized spacial score (nSPS) is 10.2. The van der Waals surface area contributed by atoms with Crippen molar-refractivity contribution >= 4 is 17.5 Å².